The minimum atomic E-state index is -0.680. The molecule has 0 saturated carbocycles. The maximum atomic E-state index is 12.9. The van der Waals surface area contributed by atoms with Crippen LogP contribution in [-0.4, -0.2) is 32.1 Å². The fraction of sp³-hybridized carbons (Fsp3) is 0.364. The van der Waals surface area contributed by atoms with Gasteiger partial charge >= 0.3 is 0 Å². The van der Waals surface area contributed by atoms with Gasteiger partial charge < -0.3 is 20.1 Å². The van der Waals surface area contributed by atoms with Crippen LogP contribution in [0.2, 0.25) is 0 Å². The lowest BCUT2D eigenvalue weighted by Crippen LogP contribution is -2.47. The summed E-state index contributed by atoms with van der Waals surface area (Å²) in [6.07, 6.45) is 0. The molecular formula is C22H28N2O4. The summed E-state index contributed by atoms with van der Waals surface area (Å²) < 4.78 is 10.6. The number of methoxy groups -OCH3 is 2. The fourth-order valence-electron chi connectivity index (χ4n) is 2.87. The second-order valence-corrected chi connectivity index (χ2v) is 7.08. The maximum Gasteiger partial charge on any atom is 0.251 e. The highest BCUT2D eigenvalue weighted by atomic mass is 16.5. The highest BCUT2D eigenvalue weighted by molar-refractivity contribution is 6.01. The molecule has 2 N–H and O–H groups in total. The SMILES string of the molecule is COc1cc(C)c(NC(=O)C(NC(=O)c2cccc(C)c2)C(C)C)cc1OC. The Morgan fingerprint density at radius 1 is 0.964 bits per heavy atom. The molecule has 2 aromatic carbocycles. The first-order valence-electron chi connectivity index (χ1n) is 9.17. The maximum absolute atomic E-state index is 12.9. The molecule has 0 aliphatic rings. The molecule has 0 bridgehead atoms. The first kappa shape index (κ1) is 21.3. The largest absolute Gasteiger partial charge is 0.493 e. The van der Waals surface area contributed by atoms with E-state index in [1.807, 2.05) is 39.8 Å². The predicted octanol–water partition coefficient (Wildman–Crippen LogP) is 3.71. The van der Waals surface area contributed by atoms with Gasteiger partial charge in [0.2, 0.25) is 5.91 Å². The van der Waals surface area contributed by atoms with Gasteiger partial charge in [0.1, 0.15) is 6.04 Å². The van der Waals surface area contributed by atoms with E-state index in [2.05, 4.69) is 10.6 Å². The Kier molecular flexibility index (Phi) is 7.04. The molecule has 2 aromatic rings. The third-order valence-corrected chi connectivity index (χ3v) is 4.50. The predicted molar refractivity (Wildman–Crippen MR) is 110 cm³/mol. The zero-order chi connectivity index (χ0) is 20.8. The van der Waals surface area contributed by atoms with Crippen LogP contribution in [0.1, 0.15) is 35.3 Å². The van der Waals surface area contributed by atoms with Crippen LogP contribution in [0.5, 0.6) is 11.5 Å². The third-order valence-electron chi connectivity index (χ3n) is 4.50. The monoisotopic (exact) mass is 384 g/mol. The number of amides is 2. The van der Waals surface area contributed by atoms with Crippen molar-refractivity contribution in [3.05, 3.63) is 53.1 Å². The highest BCUT2D eigenvalue weighted by Gasteiger charge is 2.25. The Balaban J connectivity index is 2.20. The van der Waals surface area contributed by atoms with Crippen molar-refractivity contribution < 1.29 is 19.1 Å². The Morgan fingerprint density at radius 2 is 1.61 bits per heavy atom. The zero-order valence-electron chi connectivity index (χ0n) is 17.3. The number of anilines is 1. The molecule has 0 fully saturated rings. The molecule has 1 unspecified atom stereocenters. The number of aryl methyl sites for hydroxylation is 2. The smallest absolute Gasteiger partial charge is 0.251 e. The summed E-state index contributed by atoms with van der Waals surface area (Å²) in [6.45, 7) is 7.57. The van der Waals surface area contributed by atoms with E-state index in [1.54, 1.807) is 31.4 Å². The summed E-state index contributed by atoms with van der Waals surface area (Å²) >= 11 is 0. The van der Waals surface area contributed by atoms with E-state index < -0.39 is 6.04 Å². The Hall–Kier alpha value is -3.02. The Bertz CT molecular complexity index is 862. The van der Waals surface area contributed by atoms with Gasteiger partial charge in [-0.2, -0.15) is 0 Å². The zero-order valence-corrected chi connectivity index (χ0v) is 17.3. The second-order valence-electron chi connectivity index (χ2n) is 7.08. The number of carbonyl (C=O) groups excluding carboxylic acids is 2. The number of nitrogens with one attached hydrogen (secondary N) is 2. The molecule has 1 atom stereocenters. The van der Waals surface area contributed by atoms with Crippen molar-refractivity contribution in [2.45, 2.75) is 33.7 Å². The number of ether oxygens (including phenoxy) is 2. The van der Waals surface area contributed by atoms with Crippen molar-refractivity contribution in [3.63, 3.8) is 0 Å². The summed E-state index contributed by atoms with van der Waals surface area (Å²) in [7, 11) is 3.10. The third kappa shape index (κ3) is 5.03. The molecule has 0 aromatic heterocycles. The summed E-state index contributed by atoms with van der Waals surface area (Å²) in [6, 6.07) is 10.1. The number of hydrogen-bond donors (Lipinski definition) is 2. The summed E-state index contributed by atoms with van der Waals surface area (Å²) in [5.41, 5.74) is 2.96. The number of carbonyl (C=O) groups is 2. The van der Waals surface area contributed by atoms with E-state index in [4.69, 9.17) is 9.47 Å². The van der Waals surface area contributed by atoms with Crippen molar-refractivity contribution in [2.24, 2.45) is 5.92 Å². The van der Waals surface area contributed by atoms with Crippen LogP contribution in [-0.2, 0) is 4.79 Å². The molecule has 0 saturated heterocycles. The first-order chi connectivity index (χ1) is 13.3. The first-order valence-corrected chi connectivity index (χ1v) is 9.17. The number of hydrogen-bond acceptors (Lipinski definition) is 4. The van der Waals surface area contributed by atoms with Crippen molar-refractivity contribution in [1.82, 2.24) is 5.32 Å². The molecule has 0 heterocycles. The quantitative estimate of drug-likeness (QED) is 0.763. The molecule has 0 aliphatic heterocycles. The fourth-order valence-corrected chi connectivity index (χ4v) is 2.87. The van der Waals surface area contributed by atoms with Crippen molar-refractivity contribution in [2.75, 3.05) is 19.5 Å². The van der Waals surface area contributed by atoms with Crippen molar-refractivity contribution in [3.8, 4) is 11.5 Å². The molecule has 0 spiro atoms. The summed E-state index contributed by atoms with van der Waals surface area (Å²) in [5.74, 6) is 0.460. The van der Waals surface area contributed by atoms with E-state index in [1.165, 1.54) is 7.11 Å². The topological polar surface area (TPSA) is 76.7 Å². The average molecular weight is 384 g/mol. The molecule has 28 heavy (non-hydrogen) atoms. The lowest BCUT2D eigenvalue weighted by atomic mass is 10.0. The van der Waals surface area contributed by atoms with E-state index in [0.717, 1.165) is 11.1 Å². The number of rotatable bonds is 7. The molecule has 6 nitrogen and oxygen atoms in total. The Labute approximate surface area is 166 Å². The van der Waals surface area contributed by atoms with Gasteiger partial charge in [-0.1, -0.05) is 31.5 Å². The molecule has 6 heteroatoms. The van der Waals surface area contributed by atoms with Gasteiger partial charge in [0.05, 0.1) is 14.2 Å². The summed E-state index contributed by atoms with van der Waals surface area (Å²) in [4.78, 5) is 25.5. The van der Waals surface area contributed by atoms with Crippen LogP contribution in [0.4, 0.5) is 5.69 Å². The standard InChI is InChI=1S/C22H28N2O4/c1-13(2)20(24-21(25)16-9-7-8-14(3)10-16)22(26)23-17-12-19(28-6)18(27-5)11-15(17)4/h7-13,20H,1-6H3,(H,23,26)(H,24,25). The minimum Gasteiger partial charge on any atom is -0.493 e. The average Bonchev–Trinajstić information content (AvgIpc) is 2.66. The highest BCUT2D eigenvalue weighted by Crippen LogP contribution is 2.33. The van der Waals surface area contributed by atoms with Crippen LogP contribution in [0.15, 0.2) is 36.4 Å². The van der Waals surface area contributed by atoms with Gasteiger partial charge in [0, 0.05) is 17.3 Å². The molecule has 2 amide bonds. The molecule has 0 aliphatic carbocycles. The van der Waals surface area contributed by atoms with Crippen LogP contribution in [0, 0.1) is 19.8 Å². The molecule has 0 radical (unpaired) electrons. The second kappa shape index (κ2) is 9.26. The van der Waals surface area contributed by atoms with Crippen LogP contribution in [0.3, 0.4) is 0 Å². The Morgan fingerprint density at radius 3 is 2.18 bits per heavy atom. The van der Waals surface area contributed by atoms with E-state index in [9.17, 15) is 9.59 Å². The van der Waals surface area contributed by atoms with Crippen LogP contribution >= 0.6 is 0 Å². The molecule has 150 valence electrons. The normalized spacial score (nSPS) is 11.7. The minimum absolute atomic E-state index is 0.0887. The van der Waals surface area contributed by atoms with Crippen LogP contribution < -0.4 is 20.1 Å². The summed E-state index contributed by atoms with van der Waals surface area (Å²) in [5, 5.41) is 5.74. The van der Waals surface area contributed by atoms with Gasteiger partial charge in [-0.25, -0.2) is 0 Å². The van der Waals surface area contributed by atoms with Crippen molar-refractivity contribution >= 4 is 17.5 Å². The molecule has 2 rings (SSSR count). The van der Waals surface area contributed by atoms with Gasteiger partial charge in [-0.15, -0.1) is 0 Å². The van der Waals surface area contributed by atoms with E-state index in [-0.39, 0.29) is 17.7 Å². The van der Waals surface area contributed by atoms with Gasteiger partial charge in [-0.05, 0) is 43.5 Å². The van der Waals surface area contributed by atoms with Crippen molar-refractivity contribution in [1.29, 1.82) is 0 Å². The van der Waals surface area contributed by atoms with E-state index >= 15 is 0 Å². The molecular weight excluding hydrogens is 356 g/mol. The lowest BCUT2D eigenvalue weighted by Gasteiger charge is -2.23. The van der Waals surface area contributed by atoms with Crippen LogP contribution in [0.25, 0.3) is 0 Å². The van der Waals surface area contributed by atoms with Gasteiger partial charge in [0.15, 0.2) is 11.5 Å². The number of benzene rings is 2. The lowest BCUT2D eigenvalue weighted by molar-refractivity contribution is -0.118. The van der Waals surface area contributed by atoms with E-state index in [0.29, 0.717) is 22.7 Å². The van der Waals surface area contributed by atoms with Gasteiger partial charge in [-0.3, -0.25) is 9.59 Å². The van der Waals surface area contributed by atoms with Gasteiger partial charge in [0.25, 0.3) is 5.91 Å².